The van der Waals surface area contributed by atoms with E-state index in [1.54, 1.807) is 23.1 Å². The number of rotatable bonds is 2. The molecule has 1 aromatic carbocycles. The molecule has 88 valence electrons. The van der Waals surface area contributed by atoms with E-state index in [1.807, 2.05) is 6.07 Å². The van der Waals surface area contributed by atoms with E-state index in [9.17, 15) is 4.79 Å². The van der Waals surface area contributed by atoms with E-state index in [4.69, 9.17) is 16.9 Å². The number of nitriles is 1. The summed E-state index contributed by atoms with van der Waals surface area (Å²) in [5.74, 6) is 0.451. The maximum absolute atomic E-state index is 11.8. The van der Waals surface area contributed by atoms with Crippen LogP contribution in [0.25, 0.3) is 0 Å². The molecule has 5 heteroatoms. The minimum absolute atomic E-state index is 0.107. The fourth-order valence-corrected chi connectivity index (χ4v) is 2.55. The van der Waals surface area contributed by atoms with E-state index in [0.717, 1.165) is 11.0 Å². The molecule has 0 bridgehead atoms. The first-order valence-corrected chi connectivity index (χ1v) is 6.71. The van der Waals surface area contributed by atoms with Crippen LogP contribution in [0.5, 0.6) is 0 Å². The van der Waals surface area contributed by atoms with Gasteiger partial charge in [0.1, 0.15) is 6.07 Å². The van der Waals surface area contributed by atoms with E-state index in [0.29, 0.717) is 29.5 Å². The highest BCUT2D eigenvalue weighted by Crippen LogP contribution is 2.29. The van der Waals surface area contributed by atoms with Crippen LogP contribution in [0.15, 0.2) is 18.2 Å². The van der Waals surface area contributed by atoms with Gasteiger partial charge < -0.3 is 4.90 Å². The Morgan fingerprint density at radius 1 is 1.59 bits per heavy atom. The first kappa shape index (κ1) is 12.4. The average Bonchev–Trinajstić information content (AvgIpc) is 2.70. The van der Waals surface area contributed by atoms with E-state index < -0.39 is 0 Å². The molecule has 1 atom stereocenters. The SMILES string of the molecule is N#Cc1ccc(N2CC(CBr)CC2=O)cc1Cl. The van der Waals surface area contributed by atoms with E-state index >= 15 is 0 Å². The monoisotopic (exact) mass is 312 g/mol. The molecule has 0 N–H and O–H groups in total. The Morgan fingerprint density at radius 3 is 2.88 bits per heavy atom. The Bertz CT molecular complexity index is 498. The standard InChI is InChI=1S/C12H10BrClN2O/c13-5-8-3-12(17)16(7-8)10-2-1-9(6-15)11(14)4-10/h1-2,4,8H,3,5,7H2. The van der Waals surface area contributed by atoms with Crippen molar-refractivity contribution in [2.45, 2.75) is 6.42 Å². The molecule has 1 aliphatic heterocycles. The molecule has 1 fully saturated rings. The maximum Gasteiger partial charge on any atom is 0.227 e. The average molecular weight is 314 g/mol. The smallest absolute Gasteiger partial charge is 0.227 e. The Balaban J connectivity index is 2.27. The molecule has 17 heavy (non-hydrogen) atoms. The van der Waals surface area contributed by atoms with Crippen LogP contribution in [0.3, 0.4) is 0 Å². The molecule has 1 unspecified atom stereocenters. The summed E-state index contributed by atoms with van der Waals surface area (Å²) >= 11 is 9.35. The maximum atomic E-state index is 11.8. The summed E-state index contributed by atoms with van der Waals surface area (Å²) in [6, 6.07) is 7.08. The minimum Gasteiger partial charge on any atom is -0.312 e. The van der Waals surface area contributed by atoms with E-state index in [2.05, 4.69) is 15.9 Å². The minimum atomic E-state index is 0.107. The van der Waals surface area contributed by atoms with Crippen LogP contribution >= 0.6 is 27.5 Å². The van der Waals surface area contributed by atoms with Crippen LogP contribution < -0.4 is 4.90 Å². The highest BCUT2D eigenvalue weighted by Gasteiger charge is 2.29. The zero-order chi connectivity index (χ0) is 12.4. The van der Waals surface area contributed by atoms with Gasteiger partial charge in [-0.15, -0.1) is 0 Å². The fraction of sp³-hybridized carbons (Fsp3) is 0.333. The van der Waals surface area contributed by atoms with Crippen LogP contribution in [-0.2, 0) is 4.79 Å². The Morgan fingerprint density at radius 2 is 2.35 bits per heavy atom. The van der Waals surface area contributed by atoms with Gasteiger partial charge in [0.15, 0.2) is 0 Å². The lowest BCUT2D eigenvalue weighted by molar-refractivity contribution is -0.117. The number of hydrogen-bond acceptors (Lipinski definition) is 2. The van der Waals surface area contributed by atoms with Gasteiger partial charge in [-0.05, 0) is 24.1 Å². The number of benzene rings is 1. The van der Waals surface area contributed by atoms with Crippen molar-refractivity contribution in [3.8, 4) is 6.07 Å². The van der Waals surface area contributed by atoms with Crippen LogP contribution in [0, 0.1) is 17.2 Å². The second kappa shape index (κ2) is 5.07. The lowest BCUT2D eigenvalue weighted by atomic mass is 10.2. The number of amides is 1. The van der Waals surface area contributed by atoms with Crippen molar-refractivity contribution in [3.05, 3.63) is 28.8 Å². The van der Waals surface area contributed by atoms with Gasteiger partial charge >= 0.3 is 0 Å². The first-order valence-electron chi connectivity index (χ1n) is 5.21. The summed E-state index contributed by atoms with van der Waals surface area (Å²) in [5.41, 5.74) is 1.20. The third kappa shape index (κ3) is 2.46. The molecule has 3 nitrogen and oxygen atoms in total. The molecule has 0 spiro atoms. The third-order valence-corrected chi connectivity index (χ3v) is 4.04. The Kier molecular flexibility index (Phi) is 3.70. The molecule has 1 amide bonds. The van der Waals surface area contributed by atoms with Crippen molar-refractivity contribution in [1.82, 2.24) is 0 Å². The number of nitrogens with zero attached hydrogens (tertiary/aromatic N) is 2. The number of carbonyl (C=O) groups is 1. The normalized spacial score (nSPS) is 19.5. The molecule has 1 heterocycles. The molecule has 0 aromatic heterocycles. The zero-order valence-electron chi connectivity index (χ0n) is 8.99. The summed E-state index contributed by atoms with van der Waals surface area (Å²) in [6.45, 7) is 0.701. The topological polar surface area (TPSA) is 44.1 Å². The second-order valence-corrected chi connectivity index (χ2v) is 5.06. The van der Waals surface area contributed by atoms with Crippen LogP contribution in [0.1, 0.15) is 12.0 Å². The van der Waals surface area contributed by atoms with Gasteiger partial charge in [-0.1, -0.05) is 27.5 Å². The first-order chi connectivity index (χ1) is 8.15. The molecule has 0 aliphatic carbocycles. The van der Waals surface area contributed by atoms with Gasteiger partial charge in [0.2, 0.25) is 5.91 Å². The van der Waals surface area contributed by atoms with Crippen molar-refractivity contribution < 1.29 is 4.79 Å². The van der Waals surface area contributed by atoms with Crippen molar-refractivity contribution in [2.24, 2.45) is 5.92 Å². The Labute approximate surface area is 113 Å². The lowest BCUT2D eigenvalue weighted by Crippen LogP contribution is -2.24. The lowest BCUT2D eigenvalue weighted by Gasteiger charge is -2.16. The van der Waals surface area contributed by atoms with E-state index in [-0.39, 0.29) is 5.91 Å². The molecule has 0 radical (unpaired) electrons. The van der Waals surface area contributed by atoms with Gasteiger partial charge in [0.05, 0.1) is 10.6 Å². The molecule has 1 aliphatic rings. The van der Waals surface area contributed by atoms with Gasteiger partial charge in [0, 0.05) is 24.0 Å². The van der Waals surface area contributed by atoms with Crippen molar-refractivity contribution in [2.75, 3.05) is 16.8 Å². The van der Waals surface area contributed by atoms with Crippen LogP contribution in [-0.4, -0.2) is 17.8 Å². The number of alkyl halides is 1. The fourth-order valence-electron chi connectivity index (χ4n) is 1.90. The van der Waals surface area contributed by atoms with E-state index in [1.165, 1.54) is 0 Å². The predicted molar refractivity (Wildman–Crippen MR) is 70.4 cm³/mol. The number of halogens is 2. The molecular formula is C12H10BrClN2O. The van der Waals surface area contributed by atoms with Crippen molar-refractivity contribution >= 4 is 39.1 Å². The predicted octanol–water partition coefficient (Wildman–Crippen LogP) is 2.96. The Hall–Kier alpha value is -1.05. The molecule has 1 aromatic rings. The molecule has 0 saturated carbocycles. The number of anilines is 1. The highest BCUT2D eigenvalue weighted by atomic mass is 79.9. The zero-order valence-corrected chi connectivity index (χ0v) is 11.3. The summed E-state index contributed by atoms with van der Waals surface area (Å²) in [7, 11) is 0. The third-order valence-electron chi connectivity index (χ3n) is 2.81. The molecule has 2 rings (SSSR count). The number of carbonyl (C=O) groups excluding carboxylic acids is 1. The largest absolute Gasteiger partial charge is 0.312 e. The second-order valence-electron chi connectivity index (χ2n) is 4.00. The van der Waals surface area contributed by atoms with Gasteiger partial charge in [0.25, 0.3) is 0 Å². The number of hydrogen-bond donors (Lipinski definition) is 0. The van der Waals surface area contributed by atoms with Crippen LogP contribution in [0.2, 0.25) is 5.02 Å². The summed E-state index contributed by atoms with van der Waals surface area (Å²) in [5, 5.41) is 9.99. The summed E-state index contributed by atoms with van der Waals surface area (Å²) in [6.07, 6.45) is 0.558. The molecule has 1 saturated heterocycles. The van der Waals surface area contributed by atoms with Gasteiger partial charge in [-0.3, -0.25) is 4.79 Å². The highest BCUT2D eigenvalue weighted by molar-refractivity contribution is 9.09. The summed E-state index contributed by atoms with van der Waals surface area (Å²) < 4.78 is 0. The van der Waals surface area contributed by atoms with Gasteiger partial charge in [-0.25, -0.2) is 0 Å². The van der Waals surface area contributed by atoms with Crippen LogP contribution in [0.4, 0.5) is 5.69 Å². The molecular weight excluding hydrogens is 304 g/mol. The van der Waals surface area contributed by atoms with Gasteiger partial charge in [-0.2, -0.15) is 5.26 Å². The van der Waals surface area contributed by atoms with Crippen molar-refractivity contribution in [3.63, 3.8) is 0 Å². The van der Waals surface area contributed by atoms with Crippen molar-refractivity contribution in [1.29, 1.82) is 5.26 Å². The quantitative estimate of drug-likeness (QED) is 0.788. The summed E-state index contributed by atoms with van der Waals surface area (Å²) in [4.78, 5) is 13.5.